The van der Waals surface area contributed by atoms with Crippen molar-refractivity contribution in [2.75, 3.05) is 6.61 Å². The first-order chi connectivity index (χ1) is 9.74. The predicted molar refractivity (Wildman–Crippen MR) is 81.6 cm³/mol. The summed E-state index contributed by atoms with van der Waals surface area (Å²) >= 11 is 0. The lowest BCUT2D eigenvalue weighted by Gasteiger charge is -2.09. The summed E-state index contributed by atoms with van der Waals surface area (Å²) in [6.07, 6.45) is 3.68. The zero-order valence-electron chi connectivity index (χ0n) is 12.2. The molecule has 0 atom stereocenters. The lowest BCUT2D eigenvalue weighted by Crippen LogP contribution is -2.12. The van der Waals surface area contributed by atoms with Gasteiger partial charge in [0.2, 0.25) is 0 Å². The van der Waals surface area contributed by atoms with E-state index in [1.54, 1.807) is 6.20 Å². The average Bonchev–Trinajstić information content (AvgIpc) is 2.47. The molecule has 1 N–H and O–H groups in total. The van der Waals surface area contributed by atoms with E-state index in [9.17, 15) is 0 Å². The second-order valence-electron chi connectivity index (χ2n) is 5.31. The van der Waals surface area contributed by atoms with Gasteiger partial charge >= 0.3 is 0 Å². The minimum atomic E-state index is 0.552. The Bertz CT molecular complexity index is 494. The SMILES string of the molecule is CC(C)COc1ccc(CNCc2cccnc2)cc1. The Balaban J connectivity index is 1.76. The summed E-state index contributed by atoms with van der Waals surface area (Å²) < 4.78 is 5.67. The maximum atomic E-state index is 5.67. The van der Waals surface area contributed by atoms with Crippen molar-refractivity contribution >= 4 is 0 Å². The fraction of sp³-hybridized carbons (Fsp3) is 0.353. The van der Waals surface area contributed by atoms with Crippen molar-refractivity contribution in [2.45, 2.75) is 26.9 Å². The minimum Gasteiger partial charge on any atom is -0.493 e. The fourth-order valence-electron chi connectivity index (χ4n) is 1.82. The first-order valence-corrected chi connectivity index (χ1v) is 7.05. The molecule has 20 heavy (non-hydrogen) atoms. The Labute approximate surface area is 121 Å². The maximum absolute atomic E-state index is 5.67. The van der Waals surface area contributed by atoms with Gasteiger partial charge in [-0.05, 0) is 35.2 Å². The van der Waals surface area contributed by atoms with Crippen LogP contribution in [0.25, 0.3) is 0 Å². The normalized spacial score (nSPS) is 10.8. The molecule has 0 bridgehead atoms. The van der Waals surface area contributed by atoms with Crippen molar-refractivity contribution in [1.82, 2.24) is 10.3 Å². The molecule has 0 saturated heterocycles. The highest BCUT2D eigenvalue weighted by Gasteiger charge is 1.98. The van der Waals surface area contributed by atoms with Crippen LogP contribution in [-0.2, 0) is 13.1 Å². The first kappa shape index (κ1) is 14.5. The van der Waals surface area contributed by atoms with Gasteiger partial charge in [-0.1, -0.05) is 32.0 Å². The van der Waals surface area contributed by atoms with E-state index in [4.69, 9.17) is 4.74 Å². The van der Waals surface area contributed by atoms with Gasteiger partial charge in [0, 0.05) is 25.5 Å². The summed E-state index contributed by atoms with van der Waals surface area (Å²) in [6, 6.07) is 12.3. The largest absolute Gasteiger partial charge is 0.493 e. The Morgan fingerprint density at radius 2 is 1.80 bits per heavy atom. The summed E-state index contributed by atoms with van der Waals surface area (Å²) in [5.74, 6) is 1.49. The molecule has 3 nitrogen and oxygen atoms in total. The van der Waals surface area contributed by atoms with Crippen LogP contribution in [0, 0.1) is 5.92 Å². The van der Waals surface area contributed by atoms with Gasteiger partial charge in [0.05, 0.1) is 6.61 Å². The van der Waals surface area contributed by atoms with E-state index in [-0.39, 0.29) is 0 Å². The summed E-state index contributed by atoms with van der Waals surface area (Å²) in [7, 11) is 0. The van der Waals surface area contributed by atoms with Gasteiger partial charge in [-0.15, -0.1) is 0 Å². The fourth-order valence-corrected chi connectivity index (χ4v) is 1.82. The van der Waals surface area contributed by atoms with Gasteiger partial charge in [-0.2, -0.15) is 0 Å². The Morgan fingerprint density at radius 1 is 1.05 bits per heavy atom. The number of pyridine rings is 1. The van der Waals surface area contributed by atoms with Gasteiger partial charge in [0.15, 0.2) is 0 Å². The Kier molecular flexibility index (Phi) is 5.56. The molecule has 0 aliphatic rings. The van der Waals surface area contributed by atoms with E-state index in [0.717, 1.165) is 25.4 Å². The Morgan fingerprint density at radius 3 is 2.45 bits per heavy atom. The summed E-state index contributed by atoms with van der Waals surface area (Å²) in [6.45, 7) is 6.74. The smallest absolute Gasteiger partial charge is 0.119 e. The van der Waals surface area contributed by atoms with Gasteiger partial charge in [0.25, 0.3) is 0 Å². The number of rotatable bonds is 7. The van der Waals surface area contributed by atoms with E-state index >= 15 is 0 Å². The molecule has 2 rings (SSSR count). The van der Waals surface area contributed by atoms with E-state index in [0.29, 0.717) is 5.92 Å². The second-order valence-corrected chi connectivity index (χ2v) is 5.31. The van der Waals surface area contributed by atoms with Crippen molar-refractivity contribution in [3.05, 3.63) is 59.9 Å². The lowest BCUT2D eigenvalue weighted by atomic mass is 10.2. The van der Waals surface area contributed by atoms with E-state index in [1.165, 1.54) is 11.1 Å². The van der Waals surface area contributed by atoms with Crippen LogP contribution in [0.15, 0.2) is 48.8 Å². The van der Waals surface area contributed by atoms with Crippen LogP contribution < -0.4 is 10.1 Å². The summed E-state index contributed by atoms with van der Waals surface area (Å²) in [5.41, 5.74) is 2.45. The van der Waals surface area contributed by atoms with Crippen LogP contribution >= 0.6 is 0 Å². The molecule has 106 valence electrons. The van der Waals surface area contributed by atoms with E-state index in [1.807, 2.05) is 24.4 Å². The lowest BCUT2D eigenvalue weighted by molar-refractivity contribution is 0.271. The third-order valence-electron chi connectivity index (χ3n) is 2.89. The van der Waals surface area contributed by atoms with Crippen molar-refractivity contribution < 1.29 is 4.74 Å². The highest BCUT2D eigenvalue weighted by atomic mass is 16.5. The van der Waals surface area contributed by atoms with Crippen LogP contribution in [0.2, 0.25) is 0 Å². The van der Waals surface area contributed by atoms with Crippen LogP contribution in [0.4, 0.5) is 0 Å². The predicted octanol–water partition coefficient (Wildman–Crippen LogP) is 3.41. The molecule has 3 heteroatoms. The minimum absolute atomic E-state index is 0.552. The van der Waals surface area contributed by atoms with Crippen LogP contribution in [0.1, 0.15) is 25.0 Å². The molecule has 2 aromatic rings. The van der Waals surface area contributed by atoms with Crippen molar-refractivity contribution in [3.63, 3.8) is 0 Å². The van der Waals surface area contributed by atoms with Gasteiger partial charge < -0.3 is 10.1 Å². The quantitative estimate of drug-likeness (QED) is 0.837. The molecule has 0 radical (unpaired) electrons. The van der Waals surface area contributed by atoms with Gasteiger partial charge in [0.1, 0.15) is 5.75 Å². The second kappa shape index (κ2) is 7.65. The van der Waals surface area contributed by atoms with Crippen molar-refractivity contribution in [3.8, 4) is 5.75 Å². The Hall–Kier alpha value is -1.87. The monoisotopic (exact) mass is 270 g/mol. The first-order valence-electron chi connectivity index (χ1n) is 7.05. The number of aromatic nitrogens is 1. The molecular formula is C17H22N2O. The maximum Gasteiger partial charge on any atom is 0.119 e. The number of benzene rings is 1. The summed E-state index contributed by atoms with van der Waals surface area (Å²) in [4.78, 5) is 4.10. The average molecular weight is 270 g/mol. The van der Waals surface area contributed by atoms with Crippen LogP contribution in [-0.4, -0.2) is 11.6 Å². The molecule has 0 unspecified atom stereocenters. The molecule has 0 aliphatic carbocycles. The third kappa shape index (κ3) is 5.02. The van der Waals surface area contributed by atoms with E-state index < -0.39 is 0 Å². The number of ether oxygens (including phenoxy) is 1. The van der Waals surface area contributed by atoms with Crippen molar-refractivity contribution in [1.29, 1.82) is 0 Å². The molecule has 1 aromatic heterocycles. The van der Waals surface area contributed by atoms with Crippen LogP contribution in [0.3, 0.4) is 0 Å². The number of hydrogen-bond acceptors (Lipinski definition) is 3. The highest BCUT2D eigenvalue weighted by Crippen LogP contribution is 2.13. The molecule has 0 spiro atoms. The summed E-state index contributed by atoms with van der Waals surface area (Å²) in [5, 5.41) is 3.41. The van der Waals surface area contributed by atoms with Gasteiger partial charge in [-0.3, -0.25) is 4.98 Å². The molecule has 0 aliphatic heterocycles. The van der Waals surface area contributed by atoms with E-state index in [2.05, 4.69) is 42.3 Å². The third-order valence-corrected chi connectivity index (χ3v) is 2.89. The zero-order valence-corrected chi connectivity index (χ0v) is 12.2. The molecule has 1 heterocycles. The molecule has 0 amide bonds. The highest BCUT2D eigenvalue weighted by molar-refractivity contribution is 5.27. The molecular weight excluding hydrogens is 248 g/mol. The number of nitrogens with zero attached hydrogens (tertiary/aromatic N) is 1. The molecule has 1 aromatic carbocycles. The number of hydrogen-bond donors (Lipinski definition) is 1. The van der Waals surface area contributed by atoms with Crippen molar-refractivity contribution in [2.24, 2.45) is 5.92 Å². The molecule has 0 saturated carbocycles. The topological polar surface area (TPSA) is 34.1 Å². The molecule has 0 fully saturated rings. The van der Waals surface area contributed by atoms with Crippen LogP contribution in [0.5, 0.6) is 5.75 Å². The standard InChI is InChI=1S/C17H22N2O/c1-14(2)13-20-17-7-5-15(6-8-17)10-19-12-16-4-3-9-18-11-16/h3-9,11,14,19H,10,12-13H2,1-2H3. The number of nitrogens with one attached hydrogen (secondary N) is 1. The zero-order chi connectivity index (χ0) is 14.2. The van der Waals surface area contributed by atoms with Gasteiger partial charge in [-0.25, -0.2) is 0 Å².